The van der Waals surface area contributed by atoms with Gasteiger partial charge in [0.15, 0.2) is 5.82 Å². The topological polar surface area (TPSA) is 147 Å². The Morgan fingerprint density at radius 3 is 2.12 bits per heavy atom. The number of nitrogens with zero attached hydrogens (tertiary/aromatic N) is 5. The minimum Gasteiger partial charge on any atom is -0.351 e. The van der Waals surface area contributed by atoms with Crippen LogP contribution >= 0.6 is 0 Å². The third-order valence-corrected chi connectivity index (χ3v) is 7.81. The number of hydrogen-bond acceptors (Lipinski definition) is 7. The summed E-state index contributed by atoms with van der Waals surface area (Å²) < 4.78 is 28.8. The van der Waals surface area contributed by atoms with Gasteiger partial charge in [-0.15, -0.1) is 10.2 Å². The van der Waals surface area contributed by atoms with E-state index in [0.717, 1.165) is 53.7 Å². The number of sulfonamides is 1. The Hall–Kier alpha value is -4.10. The summed E-state index contributed by atoms with van der Waals surface area (Å²) in [6.45, 7) is 1.91. The monoisotopic (exact) mass is 569 g/mol. The van der Waals surface area contributed by atoms with E-state index in [1.54, 1.807) is 26.2 Å². The molecule has 12 nitrogen and oxygen atoms in total. The Bertz CT molecular complexity index is 1420. The van der Waals surface area contributed by atoms with E-state index in [9.17, 15) is 22.8 Å². The van der Waals surface area contributed by atoms with E-state index in [1.807, 2.05) is 12.1 Å². The smallest absolute Gasteiger partial charge is 0.243 e. The third kappa shape index (κ3) is 8.20. The first-order valence-electron chi connectivity index (χ1n) is 12.8. The zero-order chi connectivity index (χ0) is 29.3. The lowest BCUT2D eigenvalue weighted by Crippen LogP contribution is -2.34. The van der Waals surface area contributed by atoms with E-state index >= 15 is 0 Å². The van der Waals surface area contributed by atoms with Crippen LogP contribution in [0.4, 0.5) is 11.4 Å². The lowest BCUT2D eigenvalue weighted by Gasteiger charge is -2.17. The van der Waals surface area contributed by atoms with Gasteiger partial charge in [0.2, 0.25) is 28.2 Å². The van der Waals surface area contributed by atoms with E-state index in [0.29, 0.717) is 11.4 Å². The summed E-state index contributed by atoms with van der Waals surface area (Å²) in [5.74, 6) is 1.10. The van der Waals surface area contributed by atoms with Gasteiger partial charge in [0.25, 0.3) is 0 Å². The maximum absolute atomic E-state index is 12.8. The SMILES string of the molecule is CC(=O)Nc1ccc(S(=O)(=O)N(C)CC(=O)Nc2ccc(-c3nnc4n3CCCCC4)cc2)cc1.CN(C)C=O. The Balaban J connectivity index is 0.000000810. The molecule has 4 rings (SSSR count). The molecule has 0 saturated heterocycles. The Morgan fingerprint density at radius 1 is 0.925 bits per heavy atom. The normalized spacial score (nSPS) is 12.8. The molecule has 1 aromatic heterocycles. The number of amides is 3. The Labute approximate surface area is 234 Å². The van der Waals surface area contributed by atoms with Gasteiger partial charge >= 0.3 is 0 Å². The fourth-order valence-corrected chi connectivity index (χ4v) is 5.11. The van der Waals surface area contributed by atoms with E-state index < -0.39 is 15.9 Å². The number of aryl methyl sites for hydroxylation is 1. The van der Waals surface area contributed by atoms with Crippen molar-refractivity contribution in [3.8, 4) is 11.4 Å². The summed E-state index contributed by atoms with van der Waals surface area (Å²) in [6.07, 6.45) is 5.08. The number of anilines is 2. The lowest BCUT2D eigenvalue weighted by molar-refractivity contribution is -0.116. The molecule has 2 heterocycles. The second kappa shape index (κ2) is 13.8. The van der Waals surface area contributed by atoms with Crippen LogP contribution in [-0.2, 0) is 37.4 Å². The van der Waals surface area contributed by atoms with Crippen molar-refractivity contribution in [1.82, 2.24) is 24.0 Å². The predicted octanol–water partition coefficient (Wildman–Crippen LogP) is 2.59. The molecule has 0 aliphatic carbocycles. The van der Waals surface area contributed by atoms with Crippen LogP contribution in [0.1, 0.15) is 32.0 Å². The number of nitrogens with one attached hydrogen (secondary N) is 2. The summed E-state index contributed by atoms with van der Waals surface area (Å²) in [5.41, 5.74) is 1.95. The predicted molar refractivity (Wildman–Crippen MR) is 152 cm³/mol. The maximum atomic E-state index is 12.8. The van der Waals surface area contributed by atoms with Gasteiger partial charge in [-0.05, 0) is 61.4 Å². The highest BCUT2D eigenvalue weighted by Gasteiger charge is 2.23. The molecule has 3 amide bonds. The molecule has 2 aromatic carbocycles. The quantitative estimate of drug-likeness (QED) is 0.397. The van der Waals surface area contributed by atoms with Crippen molar-refractivity contribution < 1.29 is 22.8 Å². The number of benzene rings is 2. The molecule has 0 unspecified atom stereocenters. The summed E-state index contributed by atoms with van der Waals surface area (Å²) in [5, 5.41) is 14.0. The van der Waals surface area contributed by atoms with Gasteiger partial charge in [-0.2, -0.15) is 4.31 Å². The van der Waals surface area contributed by atoms with Crippen molar-refractivity contribution in [2.75, 3.05) is 38.3 Å². The van der Waals surface area contributed by atoms with Gasteiger partial charge in [0.05, 0.1) is 11.4 Å². The van der Waals surface area contributed by atoms with Gasteiger partial charge in [0, 0.05) is 58.0 Å². The van der Waals surface area contributed by atoms with Crippen molar-refractivity contribution in [1.29, 1.82) is 0 Å². The number of rotatable bonds is 8. The average molecular weight is 570 g/mol. The first-order valence-corrected chi connectivity index (χ1v) is 14.2. The zero-order valence-corrected chi connectivity index (χ0v) is 23.9. The van der Waals surface area contributed by atoms with Gasteiger partial charge in [-0.25, -0.2) is 8.42 Å². The number of hydrogen-bond donors (Lipinski definition) is 2. The number of carbonyl (C=O) groups excluding carboxylic acids is 3. The molecule has 0 fully saturated rings. The zero-order valence-electron chi connectivity index (χ0n) is 23.1. The van der Waals surface area contributed by atoms with Crippen LogP contribution in [0.25, 0.3) is 11.4 Å². The minimum atomic E-state index is -3.88. The van der Waals surface area contributed by atoms with Crippen LogP contribution in [0.5, 0.6) is 0 Å². The van der Waals surface area contributed by atoms with Crippen molar-refractivity contribution in [3.63, 3.8) is 0 Å². The van der Waals surface area contributed by atoms with Crippen molar-refractivity contribution in [3.05, 3.63) is 54.4 Å². The van der Waals surface area contributed by atoms with Crippen LogP contribution in [-0.4, -0.2) is 78.3 Å². The fraction of sp³-hybridized carbons (Fsp3) is 0.370. The molecule has 0 radical (unpaired) electrons. The molecule has 0 spiro atoms. The van der Waals surface area contributed by atoms with E-state index in [-0.39, 0.29) is 17.3 Å². The first-order chi connectivity index (χ1) is 19.0. The first kappa shape index (κ1) is 30.4. The molecule has 13 heteroatoms. The summed E-state index contributed by atoms with van der Waals surface area (Å²) in [7, 11) is 0.841. The molecule has 0 saturated carbocycles. The standard InChI is InChI=1S/C24H28N6O4S.C3H7NO/c1-17(31)25-19-11-13-21(14-12-19)35(33,34)29(2)16-23(32)26-20-9-7-18(8-10-20)24-28-27-22-6-4-3-5-15-30(22)24;1-4(2)3-5/h7-14H,3-6,15-16H2,1-2H3,(H,25,31)(H,26,32);3H,1-2H3. The second-order valence-electron chi connectivity index (χ2n) is 9.56. The van der Waals surface area contributed by atoms with E-state index in [1.165, 1.54) is 49.6 Å². The Morgan fingerprint density at radius 2 is 1.52 bits per heavy atom. The molecular weight excluding hydrogens is 534 g/mol. The number of carbonyl (C=O) groups is 3. The minimum absolute atomic E-state index is 0.0266. The second-order valence-corrected chi connectivity index (χ2v) is 11.6. The molecule has 40 heavy (non-hydrogen) atoms. The molecule has 214 valence electrons. The van der Waals surface area contributed by atoms with Crippen LogP contribution < -0.4 is 10.6 Å². The number of aromatic nitrogens is 3. The summed E-state index contributed by atoms with van der Waals surface area (Å²) >= 11 is 0. The summed E-state index contributed by atoms with van der Waals surface area (Å²) in [6, 6.07) is 13.0. The van der Waals surface area contributed by atoms with E-state index in [4.69, 9.17) is 0 Å². The molecule has 2 N–H and O–H groups in total. The van der Waals surface area contributed by atoms with Crippen molar-refractivity contribution in [2.45, 2.75) is 44.0 Å². The highest BCUT2D eigenvalue weighted by Crippen LogP contribution is 2.24. The van der Waals surface area contributed by atoms with E-state index in [2.05, 4.69) is 25.4 Å². The molecule has 1 aliphatic heterocycles. The maximum Gasteiger partial charge on any atom is 0.243 e. The molecule has 0 atom stereocenters. The molecule has 1 aliphatic rings. The fourth-order valence-electron chi connectivity index (χ4n) is 3.98. The molecular formula is C27H35N7O5S. The average Bonchev–Trinajstić information content (AvgIpc) is 3.17. The third-order valence-electron chi connectivity index (χ3n) is 6.00. The van der Waals surface area contributed by atoms with Crippen molar-refractivity contribution >= 4 is 39.6 Å². The largest absolute Gasteiger partial charge is 0.351 e. The van der Waals surface area contributed by atoms with Crippen molar-refractivity contribution in [2.24, 2.45) is 0 Å². The Kier molecular flexibility index (Phi) is 10.5. The number of fused-ring (bicyclic) bond motifs is 1. The highest BCUT2D eigenvalue weighted by atomic mass is 32.2. The number of likely N-dealkylation sites (N-methyl/N-ethyl adjacent to an activating group) is 1. The summed E-state index contributed by atoms with van der Waals surface area (Å²) in [4.78, 5) is 34.6. The van der Waals surface area contributed by atoms with Gasteiger partial charge < -0.3 is 20.1 Å². The van der Waals surface area contributed by atoms with Crippen LogP contribution in [0.3, 0.4) is 0 Å². The molecule has 3 aromatic rings. The van der Waals surface area contributed by atoms with Crippen LogP contribution in [0.15, 0.2) is 53.4 Å². The van der Waals surface area contributed by atoms with Crippen LogP contribution in [0.2, 0.25) is 0 Å². The van der Waals surface area contributed by atoms with Gasteiger partial charge in [-0.1, -0.05) is 6.42 Å². The van der Waals surface area contributed by atoms with Gasteiger partial charge in [0.1, 0.15) is 5.82 Å². The van der Waals surface area contributed by atoms with Crippen LogP contribution in [0, 0.1) is 0 Å². The molecule has 0 bridgehead atoms. The lowest BCUT2D eigenvalue weighted by atomic mass is 10.2. The highest BCUT2D eigenvalue weighted by molar-refractivity contribution is 7.89. The van der Waals surface area contributed by atoms with Gasteiger partial charge in [-0.3, -0.25) is 14.4 Å².